The second-order valence-corrected chi connectivity index (χ2v) is 10.7. The minimum Gasteiger partial charge on any atom is -0.448 e. The van der Waals surface area contributed by atoms with Gasteiger partial charge < -0.3 is 10.1 Å². The third kappa shape index (κ3) is 5.21. The number of carbonyl (C=O) groups excluding carboxylic acids is 2. The fraction of sp³-hybridized carbons (Fsp3) is 0.400. The first kappa shape index (κ1) is 22.7. The van der Waals surface area contributed by atoms with Crippen molar-refractivity contribution in [2.24, 2.45) is 0 Å². The summed E-state index contributed by atoms with van der Waals surface area (Å²) in [5, 5.41) is 2.75. The van der Waals surface area contributed by atoms with E-state index in [1.807, 2.05) is 6.92 Å². The number of hydrogen-bond acceptors (Lipinski definition) is 6. The Balaban J connectivity index is 1.71. The SMILES string of the molecule is Cc1ccc(C(=O)OC(C)C(=O)Nc2cc(S(=O)(=O)N3CCCCC3)ccc2Cl)s1. The molecule has 1 fully saturated rings. The summed E-state index contributed by atoms with van der Waals surface area (Å²) in [6, 6.07) is 7.61. The zero-order valence-corrected chi connectivity index (χ0v) is 19.1. The molecule has 1 atom stereocenters. The number of hydrogen-bond donors (Lipinski definition) is 1. The quantitative estimate of drug-likeness (QED) is 0.642. The van der Waals surface area contributed by atoms with E-state index in [9.17, 15) is 18.0 Å². The molecular formula is C20H23ClN2O5S2. The summed E-state index contributed by atoms with van der Waals surface area (Å²) in [6.07, 6.45) is 1.57. The molecule has 10 heteroatoms. The Labute approximate surface area is 185 Å². The molecule has 1 amide bonds. The molecule has 162 valence electrons. The maximum absolute atomic E-state index is 12.9. The van der Waals surface area contributed by atoms with Gasteiger partial charge in [0.05, 0.1) is 15.6 Å². The van der Waals surface area contributed by atoms with Crippen LogP contribution in [0.25, 0.3) is 0 Å². The van der Waals surface area contributed by atoms with E-state index in [0.717, 1.165) is 24.1 Å². The molecule has 1 N–H and O–H groups in total. The number of sulfonamides is 1. The van der Waals surface area contributed by atoms with Crippen molar-refractivity contribution in [2.45, 2.75) is 44.1 Å². The number of amides is 1. The predicted molar refractivity (Wildman–Crippen MR) is 117 cm³/mol. The molecule has 30 heavy (non-hydrogen) atoms. The van der Waals surface area contributed by atoms with Crippen molar-refractivity contribution in [1.29, 1.82) is 0 Å². The van der Waals surface area contributed by atoms with Crippen molar-refractivity contribution in [3.05, 3.63) is 45.1 Å². The van der Waals surface area contributed by atoms with E-state index < -0.39 is 28.0 Å². The summed E-state index contributed by atoms with van der Waals surface area (Å²) < 4.78 is 32.4. The first-order chi connectivity index (χ1) is 14.2. The summed E-state index contributed by atoms with van der Waals surface area (Å²) in [7, 11) is -3.67. The first-order valence-corrected chi connectivity index (χ1v) is 12.2. The molecule has 2 heterocycles. The number of esters is 1. The van der Waals surface area contributed by atoms with Crippen molar-refractivity contribution in [2.75, 3.05) is 18.4 Å². The van der Waals surface area contributed by atoms with E-state index >= 15 is 0 Å². The second kappa shape index (κ2) is 9.47. The van der Waals surface area contributed by atoms with Gasteiger partial charge in [-0.2, -0.15) is 4.31 Å². The number of benzene rings is 1. The van der Waals surface area contributed by atoms with Gasteiger partial charge in [0, 0.05) is 18.0 Å². The highest BCUT2D eigenvalue weighted by Gasteiger charge is 2.27. The van der Waals surface area contributed by atoms with Crippen LogP contribution in [0.2, 0.25) is 5.02 Å². The number of thiophene rings is 1. The van der Waals surface area contributed by atoms with Crippen molar-refractivity contribution >= 4 is 50.5 Å². The molecular weight excluding hydrogens is 448 g/mol. The number of nitrogens with zero attached hydrogens (tertiary/aromatic N) is 1. The maximum Gasteiger partial charge on any atom is 0.349 e. The lowest BCUT2D eigenvalue weighted by Gasteiger charge is -2.26. The summed E-state index contributed by atoms with van der Waals surface area (Å²) in [5.41, 5.74) is 0.148. The molecule has 7 nitrogen and oxygen atoms in total. The minimum atomic E-state index is -3.67. The molecule has 0 aliphatic carbocycles. The van der Waals surface area contributed by atoms with Gasteiger partial charge in [0.15, 0.2) is 6.10 Å². The first-order valence-electron chi connectivity index (χ1n) is 9.56. The number of halogens is 1. The van der Waals surface area contributed by atoms with E-state index in [0.29, 0.717) is 18.0 Å². The Morgan fingerprint density at radius 1 is 1.17 bits per heavy atom. The lowest BCUT2D eigenvalue weighted by Crippen LogP contribution is -2.35. The number of rotatable bonds is 6. The number of anilines is 1. The molecule has 0 radical (unpaired) electrons. The molecule has 1 saturated heterocycles. The zero-order valence-electron chi connectivity index (χ0n) is 16.7. The summed E-state index contributed by atoms with van der Waals surface area (Å²) >= 11 is 7.43. The standard InChI is InChI=1S/C20H23ClN2O5S2/c1-13-6-9-18(29-13)20(25)28-14(2)19(24)22-17-12-15(7-8-16(17)21)30(26,27)23-10-4-3-5-11-23/h6-9,12,14H,3-5,10-11H2,1-2H3,(H,22,24). The summed E-state index contributed by atoms with van der Waals surface area (Å²) in [5.74, 6) is -1.20. The topological polar surface area (TPSA) is 92.8 Å². The number of carbonyl (C=O) groups is 2. The molecule has 1 unspecified atom stereocenters. The average Bonchev–Trinajstić information content (AvgIpc) is 3.16. The van der Waals surface area contributed by atoms with Gasteiger partial charge in [-0.15, -0.1) is 11.3 Å². The van der Waals surface area contributed by atoms with Gasteiger partial charge in [0.2, 0.25) is 10.0 Å². The summed E-state index contributed by atoms with van der Waals surface area (Å²) in [6.45, 7) is 4.25. The molecule has 0 saturated carbocycles. The van der Waals surface area contributed by atoms with E-state index in [1.54, 1.807) is 12.1 Å². The lowest BCUT2D eigenvalue weighted by atomic mass is 10.2. The van der Waals surface area contributed by atoms with Crippen LogP contribution in [-0.4, -0.2) is 43.8 Å². The van der Waals surface area contributed by atoms with E-state index in [4.69, 9.17) is 16.3 Å². The predicted octanol–water partition coefficient (Wildman–Crippen LogP) is 4.07. The van der Waals surface area contributed by atoms with Crippen molar-refractivity contribution in [3.8, 4) is 0 Å². The molecule has 3 rings (SSSR count). The number of ether oxygens (including phenoxy) is 1. The Kier molecular flexibility index (Phi) is 7.18. The average molecular weight is 471 g/mol. The van der Waals surface area contributed by atoms with Gasteiger partial charge in [0.25, 0.3) is 5.91 Å². The van der Waals surface area contributed by atoms with E-state index in [1.165, 1.54) is 40.8 Å². The van der Waals surface area contributed by atoms with Gasteiger partial charge in [-0.25, -0.2) is 13.2 Å². The third-order valence-corrected chi connectivity index (χ3v) is 7.95. The molecule has 1 aromatic heterocycles. The fourth-order valence-electron chi connectivity index (χ4n) is 3.07. The van der Waals surface area contributed by atoms with Gasteiger partial charge in [0.1, 0.15) is 4.88 Å². The van der Waals surface area contributed by atoms with Crippen LogP contribution < -0.4 is 5.32 Å². The Bertz CT molecular complexity index is 1050. The summed E-state index contributed by atoms with van der Waals surface area (Å²) in [4.78, 5) is 26.1. The number of aryl methyl sites for hydroxylation is 1. The van der Waals surface area contributed by atoms with Crippen LogP contribution in [-0.2, 0) is 19.6 Å². The van der Waals surface area contributed by atoms with Crippen LogP contribution >= 0.6 is 22.9 Å². The number of piperidine rings is 1. The Morgan fingerprint density at radius 3 is 2.50 bits per heavy atom. The van der Waals surface area contributed by atoms with Gasteiger partial charge in [-0.1, -0.05) is 18.0 Å². The van der Waals surface area contributed by atoms with Gasteiger partial charge in [-0.05, 0) is 57.0 Å². The lowest BCUT2D eigenvalue weighted by molar-refractivity contribution is -0.123. The largest absolute Gasteiger partial charge is 0.448 e. The third-order valence-electron chi connectivity index (χ3n) is 4.74. The van der Waals surface area contributed by atoms with Crippen LogP contribution in [0.15, 0.2) is 35.2 Å². The minimum absolute atomic E-state index is 0.0582. The van der Waals surface area contributed by atoms with Crippen LogP contribution in [0.4, 0.5) is 5.69 Å². The monoisotopic (exact) mass is 470 g/mol. The van der Waals surface area contributed by atoms with Crippen molar-refractivity contribution in [3.63, 3.8) is 0 Å². The Hall–Kier alpha value is -1.94. The Morgan fingerprint density at radius 2 is 1.87 bits per heavy atom. The maximum atomic E-state index is 12.9. The van der Waals surface area contributed by atoms with Crippen LogP contribution in [0.3, 0.4) is 0 Å². The zero-order chi connectivity index (χ0) is 21.9. The van der Waals surface area contributed by atoms with Crippen LogP contribution in [0.5, 0.6) is 0 Å². The van der Waals surface area contributed by atoms with Crippen LogP contribution in [0.1, 0.15) is 40.7 Å². The molecule has 1 aromatic carbocycles. The highest BCUT2D eigenvalue weighted by molar-refractivity contribution is 7.89. The molecule has 0 bridgehead atoms. The molecule has 1 aliphatic rings. The van der Waals surface area contributed by atoms with Gasteiger partial charge in [-0.3, -0.25) is 4.79 Å². The molecule has 2 aromatic rings. The van der Waals surface area contributed by atoms with Crippen LogP contribution in [0, 0.1) is 6.92 Å². The van der Waals surface area contributed by atoms with Gasteiger partial charge >= 0.3 is 5.97 Å². The van der Waals surface area contributed by atoms with E-state index in [2.05, 4.69) is 5.32 Å². The highest BCUT2D eigenvalue weighted by atomic mass is 35.5. The number of nitrogens with one attached hydrogen (secondary N) is 1. The second-order valence-electron chi connectivity index (χ2n) is 7.05. The van der Waals surface area contributed by atoms with Crippen molar-refractivity contribution < 1.29 is 22.7 Å². The highest BCUT2D eigenvalue weighted by Crippen LogP contribution is 2.28. The smallest absolute Gasteiger partial charge is 0.349 e. The van der Waals surface area contributed by atoms with Crippen molar-refractivity contribution in [1.82, 2.24) is 4.31 Å². The normalized spacial score (nSPS) is 16.1. The van der Waals surface area contributed by atoms with E-state index in [-0.39, 0.29) is 15.6 Å². The molecule has 1 aliphatic heterocycles. The fourth-order valence-corrected chi connectivity index (χ4v) is 5.52. The molecule has 0 spiro atoms.